The number of hydrogen-bond donors (Lipinski definition) is 2. The molecule has 0 spiro atoms. The van der Waals surface area contributed by atoms with Crippen LogP contribution in [0.5, 0.6) is 0 Å². The third-order valence-electron chi connectivity index (χ3n) is 2.91. The van der Waals surface area contributed by atoms with Crippen LogP contribution in [-0.4, -0.2) is 18.4 Å². The highest BCUT2D eigenvalue weighted by Crippen LogP contribution is 2.22. The standard InChI is InChI=1S/C11H20N2O2/c12-10(14)6-7-11(15)13-8-9-4-2-1-3-5-9/h9H,1-8H2,(H2,12,14)(H,13,15). The Bertz CT molecular complexity index is 223. The lowest BCUT2D eigenvalue weighted by molar-refractivity contribution is -0.125. The highest BCUT2D eigenvalue weighted by Gasteiger charge is 2.14. The Morgan fingerprint density at radius 1 is 1.13 bits per heavy atom. The summed E-state index contributed by atoms with van der Waals surface area (Å²) in [5.74, 6) is 0.165. The third-order valence-corrected chi connectivity index (χ3v) is 2.91. The van der Waals surface area contributed by atoms with Gasteiger partial charge >= 0.3 is 0 Å². The van der Waals surface area contributed by atoms with Gasteiger partial charge in [0.1, 0.15) is 0 Å². The molecule has 4 nitrogen and oxygen atoms in total. The number of carbonyl (C=O) groups is 2. The van der Waals surface area contributed by atoms with Crippen molar-refractivity contribution in [3.63, 3.8) is 0 Å². The number of carbonyl (C=O) groups excluding carboxylic acids is 2. The van der Waals surface area contributed by atoms with E-state index in [1.54, 1.807) is 0 Å². The van der Waals surface area contributed by atoms with E-state index in [0.29, 0.717) is 5.92 Å². The lowest BCUT2D eigenvalue weighted by Gasteiger charge is -2.21. The Labute approximate surface area is 90.6 Å². The molecule has 15 heavy (non-hydrogen) atoms. The second-order valence-corrected chi connectivity index (χ2v) is 4.27. The smallest absolute Gasteiger partial charge is 0.220 e. The van der Waals surface area contributed by atoms with Gasteiger partial charge in [0.25, 0.3) is 0 Å². The van der Waals surface area contributed by atoms with Crippen molar-refractivity contribution in [3.05, 3.63) is 0 Å². The van der Waals surface area contributed by atoms with E-state index in [-0.39, 0.29) is 18.7 Å². The van der Waals surface area contributed by atoms with E-state index in [9.17, 15) is 9.59 Å². The molecule has 0 aromatic rings. The average Bonchev–Trinajstić information content (AvgIpc) is 2.25. The number of amides is 2. The zero-order chi connectivity index (χ0) is 11.1. The van der Waals surface area contributed by atoms with Gasteiger partial charge in [-0.3, -0.25) is 9.59 Å². The van der Waals surface area contributed by atoms with E-state index in [4.69, 9.17) is 5.73 Å². The topological polar surface area (TPSA) is 72.2 Å². The number of nitrogens with two attached hydrogens (primary N) is 1. The molecule has 1 saturated carbocycles. The summed E-state index contributed by atoms with van der Waals surface area (Å²) in [7, 11) is 0. The Morgan fingerprint density at radius 2 is 1.80 bits per heavy atom. The van der Waals surface area contributed by atoms with Gasteiger partial charge < -0.3 is 11.1 Å². The molecule has 0 aromatic heterocycles. The molecule has 86 valence electrons. The minimum atomic E-state index is -0.414. The SMILES string of the molecule is NC(=O)CCC(=O)NCC1CCCCC1. The van der Waals surface area contributed by atoms with Crippen LogP contribution in [0.2, 0.25) is 0 Å². The number of hydrogen-bond acceptors (Lipinski definition) is 2. The molecule has 0 saturated heterocycles. The highest BCUT2D eigenvalue weighted by molar-refractivity contribution is 5.82. The Morgan fingerprint density at radius 3 is 2.40 bits per heavy atom. The van der Waals surface area contributed by atoms with Crippen molar-refractivity contribution in [3.8, 4) is 0 Å². The Kier molecular flexibility index (Phi) is 5.15. The third kappa shape index (κ3) is 5.40. The van der Waals surface area contributed by atoms with Crippen LogP contribution in [-0.2, 0) is 9.59 Å². The number of primary amides is 1. The minimum Gasteiger partial charge on any atom is -0.370 e. The molecule has 0 aromatic carbocycles. The molecule has 0 aliphatic heterocycles. The van der Waals surface area contributed by atoms with E-state index in [2.05, 4.69) is 5.32 Å². The second kappa shape index (κ2) is 6.43. The van der Waals surface area contributed by atoms with E-state index < -0.39 is 5.91 Å². The van der Waals surface area contributed by atoms with E-state index in [1.165, 1.54) is 32.1 Å². The molecule has 2 amide bonds. The summed E-state index contributed by atoms with van der Waals surface area (Å²) < 4.78 is 0. The lowest BCUT2D eigenvalue weighted by Crippen LogP contribution is -2.30. The van der Waals surface area contributed by atoms with Crippen LogP contribution >= 0.6 is 0 Å². The fourth-order valence-electron chi connectivity index (χ4n) is 1.97. The molecule has 0 unspecified atom stereocenters. The van der Waals surface area contributed by atoms with Gasteiger partial charge in [0.05, 0.1) is 0 Å². The van der Waals surface area contributed by atoms with Crippen molar-refractivity contribution in [1.82, 2.24) is 5.32 Å². The molecule has 4 heteroatoms. The molecule has 1 aliphatic carbocycles. The van der Waals surface area contributed by atoms with Gasteiger partial charge in [-0.25, -0.2) is 0 Å². The zero-order valence-corrected chi connectivity index (χ0v) is 9.13. The molecule has 1 fully saturated rings. The normalized spacial score (nSPS) is 17.3. The monoisotopic (exact) mass is 212 g/mol. The van der Waals surface area contributed by atoms with Crippen molar-refractivity contribution < 1.29 is 9.59 Å². The van der Waals surface area contributed by atoms with Crippen LogP contribution in [0, 0.1) is 5.92 Å². The van der Waals surface area contributed by atoms with Gasteiger partial charge in [-0.05, 0) is 18.8 Å². The zero-order valence-electron chi connectivity index (χ0n) is 9.13. The van der Waals surface area contributed by atoms with Gasteiger partial charge in [0.15, 0.2) is 0 Å². The predicted octanol–water partition coefficient (Wildman–Crippen LogP) is 0.948. The van der Waals surface area contributed by atoms with Crippen molar-refractivity contribution in [1.29, 1.82) is 0 Å². The molecule has 1 rings (SSSR count). The van der Waals surface area contributed by atoms with Crippen molar-refractivity contribution in [2.24, 2.45) is 11.7 Å². The molecule has 1 aliphatic rings. The first-order chi connectivity index (χ1) is 7.18. The summed E-state index contributed by atoms with van der Waals surface area (Å²) >= 11 is 0. The maximum absolute atomic E-state index is 11.3. The van der Waals surface area contributed by atoms with Crippen molar-refractivity contribution in [2.75, 3.05) is 6.54 Å². The first-order valence-electron chi connectivity index (χ1n) is 5.73. The molecule has 0 heterocycles. The van der Waals surface area contributed by atoms with E-state index in [1.807, 2.05) is 0 Å². The fourth-order valence-corrected chi connectivity index (χ4v) is 1.97. The van der Waals surface area contributed by atoms with Gasteiger partial charge in [-0.15, -0.1) is 0 Å². The number of nitrogens with one attached hydrogen (secondary N) is 1. The quantitative estimate of drug-likeness (QED) is 0.712. The van der Waals surface area contributed by atoms with E-state index >= 15 is 0 Å². The maximum Gasteiger partial charge on any atom is 0.220 e. The molecule has 3 N–H and O–H groups in total. The second-order valence-electron chi connectivity index (χ2n) is 4.27. The maximum atomic E-state index is 11.3. The predicted molar refractivity (Wildman–Crippen MR) is 58.0 cm³/mol. The fraction of sp³-hybridized carbons (Fsp3) is 0.818. The van der Waals surface area contributed by atoms with Crippen LogP contribution < -0.4 is 11.1 Å². The average molecular weight is 212 g/mol. The van der Waals surface area contributed by atoms with Crippen LogP contribution in [0.15, 0.2) is 0 Å². The first-order valence-corrected chi connectivity index (χ1v) is 5.73. The van der Waals surface area contributed by atoms with Crippen LogP contribution in [0.1, 0.15) is 44.9 Å². The molecular weight excluding hydrogens is 192 g/mol. The largest absolute Gasteiger partial charge is 0.370 e. The summed E-state index contributed by atoms with van der Waals surface area (Å²) in [6.45, 7) is 0.762. The summed E-state index contributed by atoms with van der Waals surface area (Å²) in [4.78, 5) is 21.7. The lowest BCUT2D eigenvalue weighted by atomic mass is 9.89. The van der Waals surface area contributed by atoms with Crippen LogP contribution in [0.25, 0.3) is 0 Å². The summed E-state index contributed by atoms with van der Waals surface area (Å²) in [6.07, 6.45) is 6.69. The Balaban J connectivity index is 2.07. The van der Waals surface area contributed by atoms with Gasteiger partial charge in [0.2, 0.25) is 11.8 Å². The molecular formula is C11H20N2O2. The molecule has 0 radical (unpaired) electrons. The van der Waals surface area contributed by atoms with E-state index in [0.717, 1.165) is 6.54 Å². The summed E-state index contributed by atoms with van der Waals surface area (Å²) in [5, 5.41) is 2.86. The van der Waals surface area contributed by atoms with Gasteiger partial charge in [-0.2, -0.15) is 0 Å². The van der Waals surface area contributed by atoms with Gasteiger partial charge in [0, 0.05) is 19.4 Å². The van der Waals surface area contributed by atoms with Crippen molar-refractivity contribution in [2.45, 2.75) is 44.9 Å². The van der Waals surface area contributed by atoms with Crippen molar-refractivity contribution >= 4 is 11.8 Å². The minimum absolute atomic E-state index is 0.0561. The Hall–Kier alpha value is -1.06. The van der Waals surface area contributed by atoms with Gasteiger partial charge in [-0.1, -0.05) is 19.3 Å². The molecule has 0 atom stereocenters. The van der Waals surface area contributed by atoms with Crippen LogP contribution in [0.4, 0.5) is 0 Å². The van der Waals surface area contributed by atoms with Crippen LogP contribution in [0.3, 0.4) is 0 Å². The number of rotatable bonds is 5. The highest BCUT2D eigenvalue weighted by atomic mass is 16.2. The first kappa shape index (κ1) is 12.0. The molecule has 0 bridgehead atoms. The summed E-state index contributed by atoms with van der Waals surface area (Å²) in [6, 6.07) is 0. The summed E-state index contributed by atoms with van der Waals surface area (Å²) in [5.41, 5.74) is 4.96.